The van der Waals surface area contributed by atoms with E-state index in [9.17, 15) is 0 Å². The van der Waals surface area contributed by atoms with Gasteiger partial charge in [-0.2, -0.15) is 5.10 Å². The topological polar surface area (TPSA) is 50.2 Å². The number of aromatic nitrogens is 2. The Morgan fingerprint density at radius 1 is 1.17 bits per heavy atom. The summed E-state index contributed by atoms with van der Waals surface area (Å²) in [7, 11) is 5.92. The number of rotatable bonds is 3. The fraction of sp³-hybridized carbons (Fsp3) is 0.235. The van der Waals surface area contributed by atoms with Gasteiger partial charge in [-0.3, -0.25) is 5.43 Å². The molecular weight excluding hydrogens is 303 g/mol. The molecule has 0 spiro atoms. The number of aryl methyl sites for hydroxylation is 2. The Kier molecular flexibility index (Phi) is 3.83. The van der Waals surface area contributed by atoms with Gasteiger partial charge < -0.3 is 0 Å². The van der Waals surface area contributed by atoms with Crippen LogP contribution in [0.4, 0.5) is 5.82 Å². The molecule has 0 saturated carbocycles. The van der Waals surface area contributed by atoms with Gasteiger partial charge in [0.05, 0.1) is 11.6 Å². The van der Waals surface area contributed by atoms with Crippen LogP contribution >= 0.6 is 11.3 Å². The molecule has 1 aliphatic carbocycles. The number of thiophene rings is 1. The monoisotopic (exact) mass is 318 g/mol. The first-order valence-corrected chi connectivity index (χ1v) is 8.53. The maximum atomic E-state index is 5.92. The number of nitrogens with zero attached hydrogens (tertiary/aromatic N) is 3. The van der Waals surface area contributed by atoms with Gasteiger partial charge in [-0.25, -0.2) is 9.97 Å². The fourth-order valence-corrected chi connectivity index (χ4v) is 4.20. The molecule has 1 aromatic carbocycles. The molecule has 2 aromatic heterocycles. The van der Waals surface area contributed by atoms with E-state index in [1.807, 2.05) is 24.3 Å². The summed E-state index contributed by atoms with van der Waals surface area (Å²) in [5.41, 5.74) is 6.06. The van der Waals surface area contributed by atoms with Crippen LogP contribution in [0.2, 0.25) is 0 Å². The second-order valence-electron chi connectivity index (χ2n) is 5.61. The Labute approximate surface area is 140 Å². The van der Waals surface area contributed by atoms with Crippen molar-refractivity contribution in [3.05, 3.63) is 46.6 Å². The van der Waals surface area contributed by atoms with Crippen molar-refractivity contribution >= 4 is 46.9 Å². The highest BCUT2D eigenvalue weighted by Gasteiger charge is 2.19. The number of hydrogen-bond donors (Lipinski definition) is 1. The molecule has 112 valence electrons. The SMILES string of the molecule is [B]c1ccccc1/C=N\Nc1ncnc2sc3c(c12)CCCC3. The number of hydrogen-bond acceptors (Lipinski definition) is 5. The average Bonchev–Trinajstić information content (AvgIpc) is 2.96. The zero-order chi connectivity index (χ0) is 15.6. The van der Waals surface area contributed by atoms with Crippen molar-refractivity contribution in [1.82, 2.24) is 9.97 Å². The van der Waals surface area contributed by atoms with Crippen molar-refractivity contribution in [2.45, 2.75) is 25.7 Å². The van der Waals surface area contributed by atoms with Gasteiger partial charge in [-0.15, -0.1) is 11.3 Å². The highest BCUT2D eigenvalue weighted by Crippen LogP contribution is 2.37. The minimum Gasteiger partial charge on any atom is -0.261 e. The van der Waals surface area contributed by atoms with Crippen LogP contribution in [0.25, 0.3) is 10.2 Å². The first kappa shape index (κ1) is 14.4. The van der Waals surface area contributed by atoms with E-state index in [1.165, 1.54) is 23.3 Å². The molecule has 3 aromatic rings. The van der Waals surface area contributed by atoms with Gasteiger partial charge in [0.25, 0.3) is 0 Å². The van der Waals surface area contributed by atoms with Crippen LogP contribution < -0.4 is 10.9 Å². The first-order chi connectivity index (χ1) is 11.3. The maximum Gasteiger partial charge on any atom is 0.158 e. The summed E-state index contributed by atoms with van der Waals surface area (Å²) in [6, 6.07) is 7.64. The minimum absolute atomic E-state index is 0.707. The zero-order valence-electron chi connectivity index (χ0n) is 12.6. The van der Waals surface area contributed by atoms with E-state index in [1.54, 1.807) is 23.9 Å². The van der Waals surface area contributed by atoms with E-state index in [4.69, 9.17) is 7.85 Å². The van der Waals surface area contributed by atoms with Crippen molar-refractivity contribution in [2.75, 3.05) is 5.43 Å². The molecule has 2 heterocycles. The third-order valence-electron chi connectivity index (χ3n) is 4.12. The predicted molar refractivity (Wildman–Crippen MR) is 97.1 cm³/mol. The Hall–Kier alpha value is -2.21. The minimum atomic E-state index is 0.707. The molecule has 4 nitrogen and oxygen atoms in total. The average molecular weight is 318 g/mol. The van der Waals surface area contributed by atoms with Crippen LogP contribution in [0.15, 0.2) is 35.7 Å². The third-order valence-corrected chi connectivity index (χ3v) is 5.32. The lowest BCUT2D eigenvalue weighted by Gasteiger charge is -2.11. The lowest BCUT2D eigenvalue weighted by atomic mass is 9.91. The van der Waals surface area contributed by atoms with Crippen molar-refractivity contribution in [3.63, 3.8) is 0 Å². The van der Waals surface area contributed by atoms with Crippen LogP contribution in [-0.4, -0.2) is 24.0 Å². The van der Waals surface area contributed by atoms with Crippen LogP contribution in [0.3, 0.4) is 0 Å². The zero-order valence-corrected chi connectivity index (χ0v) is 13.4. The quantitative estimate of drug-likeness (QED) is 0.459. The first-order valence-electron chi connectivity index (χ1n) is 7.72. The molecule has 4 rings (SSSR count). The second kappa shape index (κ2) is 6.12. The van der Waals surface area contributed by atoms with Crippen molar-refractivity contribution in [2.24, 2.45) is 5.10 Å². The fourth-order valence-electron chi connectivity index (χ4n) is 2.97. The smallest absolute Gasteiger partial charge is 0.158 e. The van der Waals surface area contributed by atoms with E-state index < -0.39 is 0 Å². The summed E-state index contributed by atoms with van der Waals surface area (Å²) < 4.78 is 0. The summed E-state index contributed by atoms with van der Waals surface area (Å²) in [4.78, 5) is 11.3. The number of anilines is 1. The highest BCUT2D eigenvalue weighted by atomic mass is 32.1. The van der Waals surface area contributed by atoms with Gasteiger partial charge in [0, 0.05) is 4.88 Å². The summed E-state index contributed by atoms with van der Waals surface area (Å²) >= 11 is 1.78. The Balaban J connectivity index is 1.67. The summed E-state index contributed by atoms with van der Waals surface area (Å²) in [5.74, 6) is 0.778. The van der Waals surface area contributed by atoms with Gasteiger partial charge in [0.2, 0.25) is 0 Å². The van der Waals surface area contributed by atoms with E-state index in [2.05, 4.69) is 20.5 Å². The van der Waals surface area contributed by atoms with E-state index in [-0.39, 0.29) is 0 Å². The largest absolute Gasteiger partial charge is 0.261 e. The highest BCUT2D eigenvalue weighted by molar-refractivity contribution is 7.19. The lowest BCUT2D eigenvalue weighted by molar-refractivity contribution is 0.700. The molecule has 0 atom stereocenters. The van der Waals surface area contributed by atoms with Gasteiger partial charge in [0.15, 0.2) is 5.82 Å². The molecular formula is C17H15BN4S. The van der Waals surface area contributed by atoms with E-state index >= 15 is 0 Å². The Bertz CT molecular complexity index is 887. The van der Waals surface area contributed by atoms with Gasteiger partial charge in [0.1, 0.15) is 19.0 Å². The standard InChI is InChI=1S/C17H15BN4S/c18-13-7-3-1-5-11(13)9-21-22-16-15-12-6-2-4-8-14(12)23-17(15)20-10-19-16/h1,3,5,7,9-10H,2,4,6,8H2,(H,19,20,22)/b21-9-. The van der Waals surface area contributed by atoms with Crippen LogP contribution in [0, 0.1) is 0 Å². The molecule has 6 heteroatoms. The number of nitrogens with one attached hydrogen (secondary N) is 1. The van der Waals surface area contributed by atoms with E-state index in [0.717, 1.165) is 34.4 Å². The van der Waals surface area contributed by atoms with E-state index in [0.29, 0.717) is 5.46 Å². The predicted octanol–water partition coefficient (Wildman–Crippen LogP) is 2.81. The maximum absolute atomic E-state index is 5.92. The lowest BCUT2D eigenvalue weighted by Crippen LogP contribution is -2.09. The molecule has 0 unspecified atom stereocenters. The van der Waals surface area contributed by atoms with Crippen LogP contribution in [-0.2, 0) is 12.8 Å². The molecule has 1 N–H and O–H groups in total. The molecule has 0 bridgehead atoms. The van der Waals surface area contributed by atoms with Crippen molar-refractivity contribution < 1.29 is 0 Å². The van der Waals surface area contributed by atoms with Gasteiger partial charge in [-0.05, 0) is 36.8 Å². The third kappa shape index (κ3) is 2.74. The molecule has 0 saturated heterocycles. The molecule has 0 amide bonds. The Morgan fingerprint density at radius 3 is 2.96 bits per heavy atom. The Morgan fingerprint density at radius 2 is 2.04 bits per heavy atom. The van der Waals surface area contributed by atoms with Gasteiger partial charge >= 0.3 is 0 Å². The van der Waals surface area contributed by atoms with Crippen molar-refractivity contribution in [3.8, 4) is 0 Å². The molecule has 0 aliphatic heterocycles. The van der Waals surface area contributed by atoms with Crippen molar-refractivity contribution in [1.29, 1.82) is 0 Å². The normalized spacial score (nSPS) is 14.3. The van der Waals surface area contributed by atoms with Crippen LogP contribution in [0.1, 0.15) is 28.8 Å². The number of hydrazone groups is 1. The molecule has 2 radical (unpaired) electrons. The summed E-state index contributed by atoms with van der Waals surface area (Å²) in [6.45, 7) is 0. The van der Waals surface area contributed by atoms with Gasteiger partial charge in [-0.1, -0.05) is 29.7 Å². The van der Waals surface area contributed by atoms with Crippen LogP contribution in [0.5, 0.6) is 0 Å². The molecule has 23 heavy (non-hydrogen) atoms. The second-order valence-corrected chi connectivity index (χ2v) is 6.70. The number of fused-ring (bicyclic) bond motifs is 3. The summed E-state index contributed by atoms with van der Waals surface area (Å²) in [5, 5.41) is 5.44. The molecule has 0 fully saturated rings. The summed E-state index contributed by atoms with van der Waals surface area (Å²) in [6.07, 6.45) is 8.08. The number of benzene rings is 1. The molecule has 1 aliphatic rings.